The minimum atomic E-state index is -0.689. The lowest BCUT2D eigenvalue weighted by Gasteiger charge is -2.23. The Labute approximate surface area is 172 Å². The van der Waals surface area contributed by atoms with Crippen LogP contribution in [0.2, 0.25) is 0 Å². The number of fused-ring (bicyclic) bond motifs is 2. The summed E-state index contributed by atoms with van der Waals surface area (Å²) in [7, 11) is 1.54. The molecular weight excluding hydrogens is 388 g/mol. The number of pyridine rings is 1. The van der Waals surface area contributed by atoms with Gasteiger partial charge in [0, 0.05) is 30.9 Å². The smallest absolute Gasteiger partial charge is 0.321 e. The Balaban J connectivity index is 1.62. The SMILES string of the molecule is COc1ccc2c(c1)C(=O)N(C[C@H](NC(=O)NC=O)c1cc3ncc(C)cc3o1)C2. The van der Waals surface area contributed by atoms with Crippen LogP contribution in [-0.4, -0.2) is 41.9 Å². The maximum absolute atomic E-state index is 12.9. The summed E-state index contributed by atoms with van der Waals surface area (Å²) >= 11 is 0. The van der Waals surface area contributed by atoms with Gasteiger partial charge in [-0.2, -0.15) is 0 Å². The molecule has 3 aromatic rings. The number of hydrogen-bond donors (Lipinski definition) is 2. The predicted molar refractivity (Wildman–Crippen MR) is 107 cm³/mol. The van der Waals surface area contributed by atoms with Gasteiger partial charge in [0.2, 0.25) is 6.41 Å². The number of imide groups is 1. The zero-order chi connectivity index (χ0) is 21.3. The second-order valence-electron chi connectivity index (χ2n) is 7.04. The number of amides is 4. The zero-order valence-electron chi connectivity index (χ0n) is 16.5. The molecule has 9 nitrogen and oxygen atoms in total. The van der Waals surface area contributed by atoms with Gasteiger partial charge in [0.05, 0.1) is 7.11 Å². The average Bonchev–Trinajstić information content (AvgIpc) is 3.28. The third-order valence-electron chi connectivity index (χ3n) is 4.96. The van der Waals surface area contributed by atoms with Crippen molar-refractivity contribution in [2.45, 2.75) is 19.5 Å². The minimum absolute atomic E-state index is 0.154. The lowest BCUT2D eigenvalue weighted by molar-refractivity contribution is -0.108. The van der Waals surface area contributed by atoms with Crippen molar-refractivity contribution in [3.05, 3.63) is 59.0 Å². The van der Waals surface area contributed by atoms with E-state index in [1.165, 1.54) is 0 Å². The van der Waals surface area contributed by atoms with Gasteiger partial charge in [0.1, 0.15) is 23.1 Å². The van der Waals surface area contributed by atoms with Crippen molar-refractivity contribution in [3.8, 4) is 5.75 Å². The fourth-order valence-electron chi connectivity index (χ4n) is 3.50. The van der Waals surface area contributed by atoms with E-state index >= 15 is 0 Å². The molecule has 0 spiro atoms. The number of rotatable bonds is 6. The summed E-state index contributed by atoms with van der Waals surface area (Å²) in [5.41, 5.74) is 3.59. The number of carbonyl (C=O) groups is 3. The van der Waals surface area contributed by atoms with Crippen LogP contribution in [-0.2, 0) is 11.3 Å². The van der Waals surface area contributed by atoms with E-state index in [1.54, 1.807) is 36.4 Å². The van der Waals surface area contributed by atoms with Gasteiger partial charge < -0.3 is 19.4 Å². The number of nitrogens with one attached hydrogen (secondary N) is 2. The van der Waals surface area contributed by atoms with Gasteiger partial charge in [0.15, 0.2) is 5.58 Å². The molecule has 4 amide bonds. The van der Waals surface area contributed by atoms with Crippen LogP contribution in [0.25, 0.3) is 11.1 Å². The molecule has 30 heavy (non-hydrogen) atoms. The van der Waals surface area contributed by atoms with Gasteiger partial charge in [-0.05, 0) is 36.2 Å². The number of benzene rings is 1. The van der Waals surface area contributed by atoms with Crippen LogP contribution in [0.5, 0.6) is 5.75 Å². The van der Waals surface area contributed by atoms with Crippen molar-refractivity contribution in [2.75, 3.05) is 13.7 Å². The van der Waals surface area contributed by atoms with Crippen molar-refractivity contribution in [3.63, 3.8) is 0 Å². The highest BCUT2D eigenvalue weighted by atomic mass is 16.5. The van der Waals surface area contributed by atoms with Crippen molar-refractivity contribution < 1.29 is 23.5 Å². The van der Waals surface area contributed by atoms with Gasteiger partial charge in [-0.1, -0.05) is 6.07 Å². The molecule has 1 aliphatic heterocycles. The molecule has 0 bridgehead atoms. The second-order valence-corrected chi connectivity index (χ2v) is 7.04. The topological polar surface area (TPSA) is 114 Å². The van der Waals surface area contributed by atoms with Crippen LogP contribution in [0.15, 0.2) is 40.9 Å². The van der Waals surface area contributed by atoms with E-state index < -0.39 is 12.1 Å². The van der Waals surface area contributed by atoms with E-state index in [0.29, 0.717) is 41.1 Å². The second kappa shape index (κ2) is 7.86. The fraction of sp³-hybridized carbons (Fsp3) is 0.238. The molecular formula is C21H20N4O5. The molecule has 0 unspecified atom stereocenters. The van der Waals surface area contributed by atoms with Crippen LogP contribution in [0.4, 0.5) is 4.79 Å². The van der Waals surface area contributed by atoms with E-state index in [9.17, 15) is 14.4 Å². The van der Waals surface area contributed by atoms with Crippen LogP contribution >= 0.6 is 0 Å². The summed E-state index contributed by atoms with van der Waals surface area (Å²) in [5, 5.41) is 4.73. The van der Waals surface area contributed by atoms with E-state index in [1.807, 2.05) is 24.4 Å². The van der Waals surface area contributed by atoms with Crippen molar-refractivity contribution in [1.82, 2.24) is 20.5 Å². The van der Waals surface area contributed by atoms with Crippen LogP contribution in [0.1, 0.15) is 33.3 Å². The number of ether oxygens (including phenoxy) is 1. The Morgan fingerprint density at radius 1 is 1.37 bits per heavy atom. The molecule has 0 saturated heterocycles. The monoisotopic (exact) mass is 408 g/mol. The van der Waals surface area contributed by atoms with E-state index in [0.717, 1.165) is 11.1 Å². The first-order valence-corrected chi connectivity index (χ1v) is 9.31. The molecule has 0 aliphatic carbocycles. The molecule has 1 atom stereocenters. The number of carbonyl (C=O) groups excluding carboxylic acids is 3. The molecule has 154 valence electrons. The normalized spacial score (nSPS) is 13.8. The minimum Gasteiger partial charge on any atom is -0.497 e. The number of urea groups is 1. The quantitative estimate of drug-likeness (QED) is 0.605. The lowest BCUT2D eigenvalue weighted by atomic mass is 10.1. The summed E-state index contributed by atoms with van der Waals surface area (Å²) in [4.78, 5) is 41.5. The first-order valence-electron chi connectivity index (χ1n) is 9.31. The Bertz CT molecular complexity index is 1140. The van der Waals surface area contributed by atoms with Crippen LogP contribution in [0, 0.1) is 6.92 Å². The largest absolute Gasteiger partial charge is 0.497 e. The van der Waals surface area contributed by atoms with E-state index in [2.05, 4.69) is 10.3 Å². The maximum atomic E-state index is 12.9. The first-order chi connectivity index (χ1) is 14.5. The van der Waals surface area contributed by atoms with Gasteiger partial charge in [-0.25, -0.2) is 4.79 Å². The number of nitrogens with zero attached hydrogens (tertiary/aromatic N) is 2. The Morgan fingerprint density at radius 2 is 2.20 bits per heavy atom. The van der Waals surface area contributed by atoms with Gasteiger partial charge in [0.25, 0.3) is 5.91 Å². The Kier molecular flexibility index (Phi) is 5.09. The summed E-state index contributed by atoms with van der Waals surface area (Å²) in [5.74, 6) is 0.866. The molecule has 1 aromatic carbocycles. The number of aromatic nitrogens is 1. The van der Waals surface area contributed by atoms with E-state index in [4.69, 9.17) is 9.15 Å². The molecule has 1 aliphatic rings. The van der Waals surface area contributed by atoms with Gasteiger partial charge >= 0.3 is 6.03 Å². The molecule has 2 aromatic heterocycles. The third-order valence-corrected chi connectivity index (χ3v) is 4.96. The molecule has 9 heteroatoms. The Morgan fingerprint density at radius 3 is 2.97 bits per heavy atom. The standard InChI is InChI=1S/C21H20N4O5/c1-12-5-18-16(22-8-12)7-19(30-18)17(24-21(28)23-11-26)10-25-9-13-3-4-14(29-2)6-15(13)20(25)27/h3-8,11,17H,9-10H2,1-2H3,(H2,23,24,26,28)/t17-/m0/s1. The summed E-state index contributed by atoms with van der Waals surface area (Å²) in [6.45, 7) is 2.44. The van der Waals surface area contributed by atoms with Gasteiger partial charge in [-0.15, -0.1) is 0 Å². The summed E-state index contributed by atoms with van der Waals surface area (Å²) in [6, 6.07) is 7.55. The number of furan rings is 1. The zero-order valence-corrected chi connectivity index (χ0v) is 16.5. The van der Waals surface area contributed by atoms with Crippen molar-refractivity contribution in [2.24, 2.45) is 0 Å². The highest BCUT2D eigenvalue weighted by Crippen LogP contribution is 2.30. The molecule has 0 fully saturated rings. The van der Waals surface area contributed by atoms with Crippen molar-refractivity contribution >= 4 is 29.4 Å². The Hall–Kier alpha value is -3.88. The van der Waals surface area contributed by atoms with Gasteiger partial charge in [-0.3, -0.25) is 19.9 Å². The van der Waals surface area contributed by atoms with Crippen LogP contribution < -0.4 is 15.4 Å². The maximum Gasteiger partial charge on any atom is 0.321 e. The third kappa shape index (κ3) is 3.69. The summed E-state index contributed by atoms with van der Waals surface area (Å²) in [6.07, 6.45) is 2.01. The van der Waals surface area contributed by atoms with Crippen molar-refractivity contribution in [1.29, 1.82) is 0 Å². The fourth-order valence-corrected chi connectivity index (χ4v) is 3.50. The molecule has 0 radical (unpaired) electrons. The molecule has 3 heterocycles. The first kappa shape index (κ1) is 19.4. The summed E-state index contributed by atoms with van der Waals surface area (Å²) < 4.78 is 11.1. The highest BCUT2D eigenvalue weighted by molar-refractivity contribution is 5.98. The number of aryl methyl sites for hydroxylation is 1. The molecule has 2 N–H and O–H groups in total. The lowest BCUT2D eigenvalue weighted by Crippen LogP contribution is -2.42. The molecule has 0 saturated carbocycles. The van der Waals surface area contributed by atoms with E-state index in [-0.39, 0.29) is 12.5 Å². The average molecular weight is 408 g/mol. The van der Waals surface area contributed by atoms with Crippen LogP contribution in [0.3, 0.4) is 0 Å². The highest BCUT2D eigenvalue weighted by Gasteiger charge is 2.31. The number of hydrogen-bond acceptors (Lipinski definition) is 6. The number of methoxy groups -OCH3 is 1. The molecule has 4 rings (SSSR count). The predicted octanol–water partition coefficient (Wildman–Crippen LogP) is 2.30.